The van der Waals surface area contributed by atoms with Crippen LogP contribution in [0.3, 0.4) is 0 Å². The van der Waals surface area contributed by atoms with E-state index < -0.39 is 0 Å². The van der Waals surface area contributed by atoms with Crippen LogP contribution >= 0.6 is 15.9 Å². The first-order valence-corrected chi connectivity index (χ1v) is 8.17. The van der Waals surface area contributed by atoms with Crippen LogP contribution in [0.5, 0.6) is 0 Å². The minimum absolute atomic E-state index is 0.00341. The Morgan fingerprint density at radius 1 is 1.11 bits per heavy atom. The number of benzene rings is 1. The fourth-order valence-corrected chi connectivity index (χ4v) is 3.42. The van der Waals surface area contributed by atoms with E-state index in [0.29, 0.717) is 0 Å². The molecular formula is C16H21BrO2. The predicted molar refractivity (Wildman–Crippen MR) is 79.1 cm³/mol. The van der Waals surface area contributed by atoms with Crippen molar-refractivity contribution < 1.29 is 9.47 Å². The third kappa shape index (κ3) is 3.39. The van der Waals surface area contributed by atoms with E-state index in [1.807, 2.05) is 0 Å². The molecule has 1 aliphatic heterocycles. The number of hydrogen-bond acceptors (Lipinski definition) is 2. The second kappa shape index (κ2) is 6.38. The van der Waals surface area contributed by atoms with Gasteiger partial charge in [0.1, 0.15) is 0 Å². The summed E-state index contributed by atoms with van der Waals surface area (Å²) in [4.78, 5) is 0. The van der Waals surface area contributed by atoms with Crippen molar-refractivity contribution in [3.8, 4) is 0 Å². The molecule has 0 aromatic heterocycles. The van der Waals surface area contributed by atoms with Crippen molar-refractivity contribution in [1.82, 2.24) is 0 Å². The topological polar surface area (TPSA) is 18.5 Å². The number of aryl methyl sites for hydroxylation is 1. The highest BCUT2D eigenvalue weighted by atomic mass is 79.9. The summed E-state index contributed by atoms with van der Waals surface area (Å²) in [5.41, 5.74) is 2.81. The molecule has 0 saturated carbocycles. The molecule has 1 aromatic carbocycles. The van der Waals surface area contributed by atoms with E-state index >= 15 is 0 Å². The first-order valence-electron chi connectivity index (χ1n) is 7.38. The van der Waals surface area contributed by atoms with Gasteiger partial charge in [-0.05, 0) is 61.8 Å². The van der Waals surface area contributed by atoms with Gasteiger partial charge in [0.15, 0.2) is 6.29 Å². The molecule has 2 unspecified atom stereocenters. The normalized spacial score (nSPS) is 27.6. The predicted octanol–water partition coefficient (Wildman–Crippen LogP) is 4.76. The van der Waals surface area contributed by atoms with E-state index in [2.05, 4.69) is 34.1 Å². The van der Waals surface area contributed by atoms with Gasteiger partial charge in [-0.1, -0.05) is 28.4 Å². The Hall–Kier alpha value is -0.380. The van der Waals surface area contributed by atoms with Crippen LogP contribution in [0.2, 0.25) is 0 Å². The van der Waals surface area contributed by atoms with Gasteiger partial charge in [-0.3, -0.25) is 0 Å². The van der Waals surface area contributed by atoms with Crippen molar-refractivity contribution in [1.29, 1.82) is 0 Å². The molecular weight excluding hydrogens is 304 g/mol. The summed E-state index contributed by atoms with van der Waals surface area (Å²) >= 11 is 3.58. The van der Waals surface area contributed by atoms with Crippen LogP contribution in [-0.2, 0) is 15.9 Å². The molecule has 0 spiro atoms. The monoisotopic (exact) mass is 324 g/mol. The van der Waals surface area contributed by atoms with Gasteiger partial charge in [0.25, 0.3) is 0 Å². The minimum Gasteiger partial charge on any atom is -0.353 e. The summed E-state index contributed by atoms with van der Waals surface area (Å²) in [6.45, 7) is 0.850. The molecule has 1 heterocycles. The lowest BCUT2D eigenvalue weighted by Crippen LogP contribution is -2.24. The van der Waals surface area contributed by atoms with Crippen molar-refractivity contribution >= 4 is 15.9 Å². The molecule has 19 heavy (non-hydrogen) atoms. The Labute approximate surface area is 123 Å². The smallest absolute Gasteiger partial charge is 0.158 e. The highest BCUT2D eigenvalue weighted by Gasteiger charge is 2.24. The van der Waals surface area contributed by atoms with Crippen molar-refractivity contribution in [3.05, 3.63) is 33.8 Å². The highest BCUT2D eigenvalue weighted by Crippen LogP contribution is 2.35. The summed E-state index contributed by atoms with van der Waals surface area (Å²) < 4.78 is 13.1. The molecule has 104 valence electrons. The van der Waals surface area contributed by atoms with Crippen molar-refractivity contribution in [2.45, 2.75) is 57.3 Å². The number of halogens is 1. The van der Waals surface area contributed by atoms with Gasteiger partial charge in [0, 0.05) is 11.1 Å². The van der Waals surface area contributed by atoms with Gasteiger partial charge in [-0.15, -0.1) is 0 Å². The Balaban J connectivity index is 1.78. The first kappa shape index (κ1) is 13.6. The summed E-state index contributed by atoms with van der Waals surface area (Å²) in [5.74, 6) is 0. The maximum absolute atomic E-state index is 6.25. The van der Waals surface area contributed by atoms with Gasteiger partial charge in [0.05, 0.1) is 6.10 Å². The van der Waals surface area contributed by atoms with Crippen LogP contribution in [0, 0.1) is 0 Å². The van der Waals surface area contributed by atoms with Crippen molar-refractivity contribution in [3.63, 3.8) is 0 Å². The van der Waals surface area contributed by atoms with Gasteiger partial charge in [-0.25, -0.2) is 0 Å². The van der Waals surface area contributed by atoms with Crippen LogP contribution in [0.4, 0.5) is 0 Å². The molecule has 0 bridgehead atoms. The van der Waals surface area contributed by atoms with Gasteiger partial charge >= 0.3 is 0 Å². The van der Waals surface area contributed by atoms with E-state index in [1.165, 1.54) is 43.2 Å². The molecule has 0 amide bonds. The average Bonchev–Trinajstić information content (AvgIpc) is 2.63. The van der Waals surface area contributed by atoms with Crippen molar-refractivity contribution in [2.24, 2.45) is 0 Å². The molecule has 0 N–H and O–H groups in total. The summed E-state index contributed by atoms with van der Waals surface area (Å²) in [5, 5.41) is 0. The van der Waals surface area contributed by atoms with Gasteiger partial charge < -0.3 is 9.47 Å². The third-order valence-corrected chi connectivity index (χ3v) is 4.56. The quantitative estimate of drug-likeness (QED) is 0.730. The lowest BCUT2D eigenvalue weighted by atomic mass is 10.0. The molecule has 3 heteroatoms. The molecule has 2 nitrogen and oxygen atoms in total. The number of fused-ring (bicyclic) bond motifs is 1. The number of ether oxygens (including phenoxy) is 2. The zero-order chi connectivity index (χ0) is 13.1. The lowest BCUT2D eigenvalue weighted by Gasteiger charge is -2.28. The number of rotatable bonds is 2. The molecule has 1 aliphatic carbocycles. The zero-order valence-electron chi connectivity index (χ0n) is 11.2. The van der Waals surface area contributed by atoms with Crippen LogP contribution in [-0.4, -0.2) is 12.9 Å². The third-order valence-electron chi connectivity index (χ3n) is 4.07. The fourth-order valence-electron chi connectivity index (χ4n) is 3.04. The zero-order valence-corrected chi connectivity index (χ0v) is 12.8. The number of hydrogen-bond donors (Lipinski definition) is 0. The lowest BCUT2D eigenvalue weighted by molar-refractivity contribution is -0.191. The Morgan fingerprint density at radius 3 is 2.84 bits per heavy atom. The van der Waals surface area contributed by atoms with Crippen molar-refractivity contribution in [2.75, 3.05) is 6.61 Å². The highest BCUT2D eigenvalue weighted by molar-refractivity contribution is 9.10. The van der Waals surface area contributed by atoms with Crippen LogP contribution in [0.25, 0.3) is 0 Å². The Morgan fingerprint density at radius 2 is 2.00 bits per heavy atom. The second-order valence-electron chi connectivity index (χ2n) is 5.51. The average molecular weight is 325 g/mol. The van der Waals surface area contributed by atoms with E-state index in [9.17, 15) is 0 Å². The maximum Gasteiger partial charge on any atom is 0.158 e. The summed E-state index contributed by atoms with van der Waals surface area (Å²) in [6.07, 6.45) is 8.44. The molecule has 3 rings (SSSR count). The Kier molecular flexibility index (Phi) is 4.57. The second-order valence-corrected chi connectivity index (χ2v) is 6.43. The Bertz CT molecular complexity index is 427. The molecule has 1 fully saturated rings. The molecule has 2 atom stereocenters. The van der Waals surface area contributed by atoms with E-state index in [1.54, 1.807) is 0 Å². The largest absolute Gasteiger partial charge is 0.353 e. The van der Waals surface area contributed by atoms with Crippen LogP contribution in [0.15, 0.2) is 22.7 Å². The van der Waals surface area contributed by atoms with E-state index in [-0.39, 0.29) is 12.4 Å². The van der Waals surface area contributed by atoms with Gasteiger partial charge in [0.2, 0.25) is 0 Å². The first-order chi connectivity index (χ1) is 9.33. The van der Waals surface area contributed by atoms with Crippen LogP contribution in [0.1, 0.15) is 55.8 Å². The molecule has 1 saturated heterocycles. The summed E-state index contributed by atoms with van der Waals surface area (Å²) in [7, 11) is 0. The SMILES string of the molecule is Brc1ccc2c(c1)C(OC1CCCCO1)CCCC2. The molecule has 0 radical (unpaired) electrons. The fraction of sp³-hybridized carbons (Fsp3) is 0.625. The molecule has 2 aliphatic rings. The van der Waals surface area contributed by atoms with Crippen LogP contribution < -0.4 is 0 Å². The van der Waals surface area contributed by atoms with E-state index in [4.69, 9.17) is 9.47 Å². The summed E-state index contributed by atoms with van der Waals surface area (Å²) in [6, 6.07) is 6.61. The van der Waals surface area contributed by atoms with E-state index in [0.717, 1.165) is 23.9 Å². The minimum atomic E-state index is 0.00341. The standard InChI is InChI=1S/C16H21BrO2/c17-13-9-8-12-5-1-2-6-15(14(12)11-13)19-16-7-3-4-10-18-16/h8-9,11,15-16H,1-7,10H2. The maximum atomic E-state index is 6.25. The molecule has 1 aromatic rings. The van der Waals surface area contributed by atoms with Gasteiger partial charge in [-0.2, -0.15) is 0 Å².